The van der Waals surface area contributed by atoms with Crippen molar-refractivity contribution in [1.29, 1.82) is 0 Å². The Morgan fingerprint density at radius 1 is 1.26 bits per heavy atom. The Bertz CT molecular complexity index is 1240. The summed E-state index contributed by atoms with van der Waals surface area (Å²) in [5, 5.41) is 18.0. The molecule has 2 aromatic carbocycles. The number of carbonyl (C=O) groups excluding carboxylic acids is 1. The van der Waals surface area contributed by atoms with E-state index in [1.54, 1.807) is 41.7 Å². The van der Waals surface area contributed by atoms with E-state index in [1.165, 1.54) is 11.0 Å². The van der Waals surface area contributed by atoms with Crippen molar-refractivity contribution in [3.8, 4) is 11.5 Å². The first-order valence-electron chi connectivity index (χ1n) is 11.7. The lowest BCUT2D eigenvalue weighted by Gasteiger charge is -2.30. The van der Waals surface area contributed by atoms with Gasteiger partial charge in [-0.3, -0.25) is 4.79 Å². The standard InChI is InChI=1S/C28H31FN2O3S/c1-5-28(3,4)14-23-18(2)27(31(17-32)24-7-6-8-25(33)26(24)30-23)21-10-9-20(13-22(21)29)34-15-19-11-12-35-16-19/h6-13,16-17,27,30,33H,5,14-15H2,1-4H3/t27-/m1/s1. The third-order valence-electron chi connectivity index (χ3n) is 6.72. The molecule has 0 aliphatic carbocycles. The van der Waals surface area contributed by atoms with E-state index in [2.05, 4.69) is 26.1 Å². The van der Waals surface area contributed by atoms with Gasteiger partial charge in [-0.25, -0.2) is 4.39 Å². The van der Waals surface area contributed by atoms with Gasteiger partial charge >= 0.3 is 0 Å². The molecule has 1 aliphatic rings. The van der Waals surface area contributed by atoms with Gasteiger partial charge in [0.15, 0.2) is 0 Å². The summed E-state index contributed by atoms with van der Waals surface area (Å²) < 4.78 is 21.4. The number of rotatable bonds is 8. The SMILES string of the molecule is CCC(C)(C)CC1=C(C)[C@H](c2ccc(OCc3ccsc3)cc2F)N(C=O)c2cccc(O)c2N1. The van der Waals surface area contributed by atoms with Gasteiger partial charge in [-0.2, -0.15) is 11.3 Å². The van der Waals surface area contributed by atoms with E-state index in [0.717, 1.165) is 23.3 Å². The zero-order valence-electron chi connectivity index (χ0n) is 20.5. The number of anilines is 2. The van der Waals surface area contributed by atoms with E-state index in [-0.39, 0.29) is 11.2 Å². The minimum atomic E-state index is -0.684. The van der Waals surface area contributed by atoms with Gasteiger partial charge in [-0.05, 0) is 71.0 Å². The molecule has 1 aliphatic heterocycles. The van der Waals surface area contributed by atoms with Crippen LogP contribution >= 0.6 is 11.3 Å². The Balaban J connectivity index is 1.78. The molecule has 184 valence electrons. The molecule has 0 saturated carbocycles. The Labute approximate surface area is 209 Å². The molecular weight excluding hydrogens is 463 g/mol. The van der Waals surface area contributed by atoms with Crippen LogP contribution < -0.4 is 15.0 Å². The molecule has 1 aromatic heterocycles. The lowest BCUT2D eigenvalue weighted by atomic mass is 9.83. The summed E-state index contributed by atoms with van der Waals surface area (Å²) in [6.45, 7) is 8.73. The summed E-state index contributed by atoms with van der Waals surface area (Å²) in [6, 6.07) is 11.1. The van der Waals surface area contributed by atoms with E-state index in [4.69, 9.17) is 4.74 Å². The second kappa shape index (κ2) is 10.1. The average molecular weight is 495 g/mol. The smallest absolute Gasteiger partial charge is 0.215 e. The number of allylic oxidation sites excluding steroid dienone is 1. The molecule has 4 rings (SSSR count). The number of amides is 1. The van der Waals surface area contributed by atoms with Crippen molar-refractivity contribution in [2.24, 2.45) is 5.41 Å². The van der Waals surface area contributed by atoms with Crippen molar-refractivity contribution in [1.82, 2.24) is 0 Å². The van der Waals surface area contributed by atoms with Crippen LogP contribution in [0.3, 0.4) is 0 Å². The first kappa shape index (κ1) is 24.8. The van der Waals surface area contributed by atoms with E-state index >= 15 is 4.39 Å². The molecule has 5 nitrogen and oxygen atoms in total. The van der Waals surface area contributed by atoms with Crippen molar-refractivity contribution in [2.45, 2.75) is 53.2 Å². The fraction of sp³-hybridized carbons (Fsp3) is 0.321. The number of halogens is 1. The van der Waals surface area contributed by atoms with Crippen LogP contribution in [0.5, 0.6) is 11.5 Å². The van der Waals surface area contributed by atoms with Gasteiger partial charge in [0.05, 0.1) is 11.7 Å². The zero-order chi connectivity index (χ0) is 25.2. The zero-order valence-corrected chi connectivity index (χ0v) is 21.3. The van der Waals surface area contributed by atoms with Gasteiger partial charge < -0.3 is 20.1 Å². The summed E-state index contributed by atoms with van der Waals surface area (Å²) >= 11 is 1.58. The van der Waals surface area contributed by atoms with Crippen molar-refractivity contribution in [3.63, 3.8) is 0 Å². The normalized spacial score (nSPS) is 15.9. The molecule has 0 spiro atoms. The first-order chi connectivity index (χ1) is 16.7. The van der Waals surface area contributed by atoms with Crippen molar-refractivity contribution < 1.29 is 19.0 Å². The number of aromatic hydroxyl groups is 1. The van der Waals surface area contributed by atoms with Gasteiger partial charge in [0.2, 0.25) is 6.41 Å². The fourth-order valence-corrected chi connectivity index (χ4v) is 4.94. The van der Waals surface area contributed by atoms with E-state index in [9.17, 15) is 9.90 Å². The number of phenols is 1. The highest BCUT2D eigenvalue weighted by Gasteiger charge is 2.34. The van der Waals surface area contributed by atoms with Crippen LogP contribution in [-0.4, -0.2) is 11.5 Å². The predicted molar refractivity (Wildman–Crippen MR) is 139 cm³/mol. The monoisotopic (exact) mass is 494 g/mol. The average Bonchev–Trinajstić information content (AvgIpc) is 3.32. The lowest BCUT2D eigenvalue weighted by Crippen LogP contribution is -2.29. The van der Waals surface area contributed by atoms with Crippen LogP contribution in [0.25, 0.3) is 0 Å². The Morgan fingerprint density at radius 2 is 2.06 bits per heavy atom. The van der Waals surface area contributed by atoms with Crippen molar-refractivity contribution in [2.75, 3.05) is 10.2 Å². The molecule has 2 N–H and O–H groups in total. The number of nitrogens with zero attached hydrogens (tertiary/aromatic N) is 1. The molecule has 0 unspecified atom stereocenters. The van der Waals surface area contributed by atoms with E-state index in [1.807, 2.05) is 23.8 Å². The molecule has 2 heterocycles. The summed E-state index contributed by atoms with van der Waals surface area (Å²) in [5.74, 6) is 0.00263. The number of benzene rings is 2. The Hall–Kier alpha value is -3.32. The van der Waals surface area contributed by atoms with Crippen molar-refractivity contribution in [3.05, 3.63) is 81.4 Å². The quantitative estimate of drug-likeness (QED) is 0.253. The number of hydrogen-bond acceptors (Lipinski definition) is 5. The molecule has 3 aromatic rings. The maximum Gasteiger partial charge on any atom is 0.215 e. The summed E-state index contributed by atoms with van der Waals surface area (Å²) in [6.07, 6.45) is 2.31. The second-order valence-electron chi connectivity index (χ2n) is 9.67. The number of carbonyl (C=O) groups is 1. The van der Waals surface area contributed by atoms with Crippen LogP contribution in [0.4, 0.5) is 15.8 Å². The molecule has 1 atom stereocenters. The third-order valence-corrected chi connectivity index (χ3v) is 7.45. The van der Waals surface area contributed by atoms with Gasteiger partial charge in [0, 0.05) is 17.3 Å². The molecular formula is C28H31FN2O3S. The van der Waals surface area contributed by atoms with Gasteiger partial charge in [0.1, 0.15) is 29.6 Å². The summed E-state index contributed by atoms with van der Waals surface area (Å²) in [4.78, 5) is 13.9. The van der Waals surface area contributed by atoms with Gasteiger partial charge in [0.25, 0.3) is 0 Å². The maximum absolute atomic E-state index is 15.6. The Morgan fingerprint density at radius 3 is 2.71 bits per heavy atom. The minimum absolute atomic E-state index is 0.0345. The highest BCUT2D eigenvalue weighted by Crippen LogP contribution is 2.47. The maximum atomic E-state index is 15.6. The van der Waals surface area contributed by atoms with E-state index < -0.39 is 11.9 Å². The van der Waals surface area contributed by atoms with E-state index in [0.29, 0.717) is 42.1 Å². The number of phenolic OH excluding ortho intramolecular Hbond substituents is 1. The van der Waals surface area contributed by atoms with Crippen LogP contribution in [0.2, 0.25) is 0 Å². The number of para-hydroxylation sites is 1. The second-order valence-corrected chi connectivity index (χ2v) is 10.5. The molecule has 7 heteroatoms. The van der Waals surface area contributed by atoms with Crippen LogP contribution in [-0.2, 0) is 11.4 Å². The van der Waals surface area contributed by atoms with Crippen LogP contribution in [0.1, 0.15) is 57.7 Å². The van der Waals surface area contributed by atoms with Crippen LogP contribution in [0.15, 0.2) is 64.5 Å². The number of ether oxygens (including phenoxy) is 1. The predicted octanol–water partition coefficient (Wildman–Crippen LogP) is 7.40. The highest BCUT2D eigenvalue weighted by molar-refractivity contribution is 7.07. The first-order valence-corrected chi connectivity index (χ1v) is 12.6. The molecule has 0 radical (unpaired) electrons. The highest BCUT2D eigenvalue weighted by atomic mass is 32.1. The van der Waals surface area contributed by atoms with Crippen molar-refractivity contribution >= 4 is 29.1 Å². The largest absolute Gasteiger partial charge is 0.506 e. The lowest BCUT2D eigenvalue weighted by molar-refractivity contribution is -0.107. The molecule has 1 amide bonds. The third kappa shape index (κ3) is 5.20. The number of thiophene rings is 1. The molecule has 0 bridgehead atoms. The molecule has 0 fully saturated rings. The topological polar surface area (TPSA) is 61.8 Å². The Kier molecular flexibility index (Phi) is 7.17. The van der Waals surface area contributed by atoms with Crippen LogP contribution in [0, 0.1) is 11.2 Å². The minimum Gasteiger partial charge on any atom is -0.506 e. The fourth-order valence-electron chi connectivity index (χ4n) is 4.28. The van der Waals surface area contributed by atoms with Gasteiger partial charge in [-0.15, -0.1) is 0 Å². The summed E-state index contributed by atoms with van der Waals surface area (Å²) in [7, 11) is 0. The molecule has 0 saturated heterocycles. The number of nitrogens with one attached hydrogen (secondary N) is 1. The number of fused-ring (bicyclic) bond motifs is 1. The molecule has 35 heavy (non-hydrogen) atoms. The summed E-state index contributed by atoms with van der Waals surface area (Å²) in [5.41, 5.74) is 3.98. The van der Waals surface area contributed by atoms with Gasteiger partial charge in [-0.1, -0.05) is 33.3 Å². The number of hydrogen-bond donors (Lipinski definition) is 2.